The zero-order chi connectivity index (χ0) is 56.2. The first kappa shape index (κ1) is 50.4. The van der Waals surface area contributed by atoms with E-state index in [4.69, 9.17) is 9.97 Å². The molecule has 0 aliphatic rings. The maximum absolute atomic E-state index is 9.70. The molecule has 0 radical (unpaired) electrons. The van der Waals surface area contributed by atoms with Gasteiger partial charge in [0.05, 0.1) is 69.0 Å². The second kappa shape index (κ2) is 21.9. The van der Waals surface area contributed by atoms with Crippen molar-refractivity contribution in [2.75, 3.05) is 9.80 Å². The van der Waals surface area contributed by atoms with E-state index in [1.54, 1.807) is 18.2 Å². The third-order valence-corrected chi connectivity index (χ3v) is 14.9. The molecule has 0 bridgehead atoms. The van der Waals surface area contributed by atoms with Crippen molar-refractivity contribution < 1.29 is 0 Å². The topological polar surface area (TPSA) is 132 Å². The molecule has 83 heavy (non-hydrogen) atoms. The van der Waals surface area contributed by atoms with Crippen molar-refractivity contribution in [3.05, 3.63) is 295 Å². The van der Waals surface area contributed by atoms with Gasteiger partial charge >= 0.3 is 0 Å². The quantitative estimate of drug-likeness (QED) is 0.118. The van der Waals surface area contributed by atoms with Crippen LogP contribution in [0.25, 0.3) is 83.6 Å². The van der Waals surface area contributed by atoms with Crippen LogP contribution in [0.2, 0.25) is 0 Å². The number of anilines is 6. The van der Waals surface area contributed by atoms with Crippen LogP contribution in [-0.4, -0.2) is 14.5 Å². The smallest absolute Gasteiger partial charge is 0.160 e. The predicted octanol–water partition coefficient (Wildman–Crippen LogP) is 18.3. The van der Waals surface area contributed by atoms with Gasteiger partial charge in [0.2, 0.25) is 0 Å². The van der Waals surface area contributed by atoms with E-state index in [1.165, 1.54) is 0 Å². The highest BCUT2D eigenvalue weighted by Gasteiger charge is 2.21. The summed E-state index contributed by atoms with van der Waals surface area (Å²) in [6.07, 6.45) is 0. The Bertz CT molecular complexity index is 4560. The zero-order valence-corrected chi connectivity index (χ0v) is 44.5. The van der Waals surface area contributed by atoms with Crippen LogP contribution in [-0.2, 0) is 0 Å². The predicted molar refractivity (Wildman–Crippen MR) is 332 cm³/mol. The van der Waals surface area contributed by atoms with Crippen molar-refractivity contribution in [2.45, 2.75) is 0 Å². The van der Waals surface area contributed by atoms with Crippen LogP contribution in [0.1, 0.15) is 22.3 Å². The molecule has 2 heterocycles. The maximum atomic E-state index is 9.70. The summed E-state index contributed by atoms with van der Waals surface area (Å²) in [5, 5.41) is 40.8. The Morgan fingerprint density at radius 3 is 1.10 bits per heavy atom. The highest BCUT2D eigenvalue weighted by atomic mass is 15.1. The van der Waals surface area contributed by atoms with Crippen molar-refractivity contribution in [1.29, 1.82) is 21.0 Å². The van der Waals surface area contributed by atoms with E-state index in [-0.39, 0.29) is 0 Å². The van der Waals surface area contributed by atoms with E-state index >= 15 is 0 Å². The lowest BCUT2D eigenvalue weighted by atomic mass is 9.98. The molecule has 13 aromatic rings. The number of rotatable bonds is 12. The molecule has 0 atom stereocenters. The van der Waals surface area contributed by atoms with E-state index in [2.05, 4.69) is 196 Å². The molecule has 9 heteroatoms. The maximum Gasteiger partial charge on any atom is 0.160 e. The Balaban J connectivity index is 0.850. The molecule has 0 aliphatic carbocycles. The number of para-hydroxylation sites is 2. The van der Waals surface area contributed by atoms with Gasteiger partial charge in [0.25, 0.3) is 0 Å². The Labute approximate surface area is 480 Å². The van der Waals surface area contributed by atoms with Crippen molar-refractivity contribution >= 4 is 55.9 Å². The molecule has 0 amide bonds. The van der Waals surface area contributed by atoms with Gasteiger partial charge in [-0.3, -0.25) is 0 Å². The Kier molecular flexibility index (Phi) is 13.3. The molecule has 0 fully saturated rings. The Hall–Kier alpha value is -12.1. The first-order valence-corrected chi connectivity index (χ1v) is 26.9. The van der Waals surface area contributed by atoms with E-state index < -0.39 is 0 Å². The van der Waals surface area contributed by atoms with Gasteiger partial charge < -0.3 is 14.4 Å². The first-order chi connectivity index (χ1) is 40.9. The van der Waals surface area contributed by atoms with Gasteiger partial charge in [-0.25, -0.2) is 9.97 Å². The third-order valence-electron chi connectivity index (χ3n) is 14.9. The Morgan fingerprint density at radius 2 is 0.651 bits per heavy atom. The zero-order valence-electron chi connectivity index (χ0n) is 44.5. The third kappa shape index (κ3) is 9.94. The van der Waals surface area contributed by atoms with Gasteiger partial charge in [-0.2, -0.15) is 21.0 Å². The summed E-state index contributed by atoms with van der Waals surface area (Å²) in [6.45, 7) is 0. The summed E-state index contributed by atoms with van der Waals surface area (Å²) < 4.78 is 2.33. The van der Waals surface area contributed by atoms with Crippen molar-refractivity contribution in [2.24, 2.45) is 0 Å². The summed E-state index contributed by atoms with van der Waals surface area (Å²) in [7, 11) is 0. The van der Waals surface area contributed by atoms with Gasteiger partial charge in [-0.1, -0.05) is 121 Å². The number of nitriles is 4. The number of hydrogen-bond acceptors (Lipinski definition) is 8. The van der Waals surface area contributed by atoms with Gasteiger partial charge in [0.1, 0.15) is 0 Å². The average molecular weight is 1060 g/mol. The molecule has 13 rings (SSSR count). The monoisotopic (exact) mass is 1060 g/mol. The molecule has 2 aromatic heterocycles. The highest BCUT2D eigenvalue weighted by molar-refractivity contribution is 6.12. The van der Waals surface area contributed by atoms with E-state index in [0.717, 1.165) is 106 Å². The molecular weight excluding hydrogens is 1010 g/mol. The minimum absolute atomic E-state index is 0.489. The SMILES string of the molecule is N#Cc1ccc(N(c2ccc(C#N)cc2)c2ccc3c(c2)c2cc(N(c4ccccc4)c4ccccc4)ccc2n3-c2ccc(-c3ccc(-c4ccc(-c5cc(-c6cccc(C#N)c6)nc(-c6cccc(C#N)c6)n5)cc4)cc3)cc2)cc1. The van der Waals surface area contributed by atoms with Gasteiger partial charge in [-0.05, 0) is 174 Å². The number of nitrogens with zero attached hydrogens (tertiary/aromatic N) is 9. The fourth-order valence-electron chi connectivity index (χ4n) is 10.8. The van der Waals surface area contributed by atoms with Crippen molar-refractivity contribution in [1.82, 2.24) is 14.5 Å². The Morgan fingerprint density at radius 1 is 0.277 bits per heavy atom. The number of aromatic nitrogens is 3. The van der Waals surface area contributed by atoms with Crippen molar-refractivity contribution in [3.8, 4) is 86.1 Å². The number of hydrogen-bond donors (Lipinski definition) is 0. The van der Waals surface area contributed by atoms with Crippen LogP contribution in [0.3, 0.4) is 0 Å². The molecule has 386 valence electrons. The molecule has 0 aliphatic heterocycles. The van der Waals surface area contributed by atoms with E-state index in [9.17, 15) is 21.0 Å². The summed E-state index contributed by atoms with van der Waals surface area (Å²) >= 11 is 0. The highest BCUT2D eigenvalue weighted by Crippen LogP contribution is 2.43. The lowest BCUT2D eigenvalue weighted by Crippen LogP contribution is -2.10. The van der Waals surface area contributed by atoms with Crippen LogP contribution < -0.4 is 9.80 Å². The average Bonchev–Trinajstić information content (AvgIpc) is 3.11. The largest absolute Gasteiger partial charge is 0.310 e. The molecule has 11 aromatic carbocycles. The summed E-state index contributed by atoms with van der Waals surface area (Å²) in [5.74, 6) is 0.489. The molecule has 0 N–H and O–H groups in total. The van der Waals surface area contributed by atoms with Crippen LogP contribution in [0.4, 0.5) is 34.1 Å². The fourth-order valence-corrected chi connectivity index (χ4v) is 10.8. The fraction of sp³-hybridized carbons (Fsp3) is 0. The van der Waals surface area contributed by atoms with Crippen molar-refractivity contribution in [3.63, 3.8) is 0 Å². The summed E-state index contributed by atoms with van der Waals surface area (Å²) in [4.78, 5) is 14.3. The number of benzene rings is 11. The van der Waals surface area contributed by atoms with Crippen LogP contribution in [0.15, 0.2) is 273 Å². The molecular formula is C74H45N9. The second-order valence-electron chi connectivity index (χ2n) is 19.9. The minimum Gasteiger partial charge on any atom is -0.310 e. The van der Waals surface area contributed by atoms with Gasteiger partial charge in [-0.15, -0.1) is 0 Å². The second-order valence-corrected chi connectivity index (χ2v) is 19.9. The van der Waals surface area contributed by atoms with Crippen LogP contribution in [0.5, 0.6) is 0 Å². The normalized spacial score (nSPS) is 10.8. The van der Waals surface area contributed by atoms with Gasteiger partial charge in [0.15, 0.2) is 5.82 Å². The minimum atomic E-state index is 0.489. The molecule has 0 saturated carbocycles. The summed E-state index contributed by atoms with van der Waals surface area (Å²) in [6, 6.07) is 101. The standard InChI is InChI=1S/C74H45N9/c75-46-50-17-31-63(32-18-50)82(64-33-19-51(47-76)20-34-64)67-38-40-73-69(44-67)68-43-66(81(61-13-3-1-4-14-61)62-15-5-2-6-16-62)37-39-72(68)83(73)65-35-29-57(30-36-65)55-23-21-54(22-24-55)56-25-27-58(28-26-56)70-45-71(59-11-7-9-52(41-59)48-77)80-74(79-70)60-12-8-10-53(42-60)49-78/h1-45H. The number of fused-ring (bicyclic) bond motifs is 3. The van der Waals surface area contributed by atoms with E-state index in [0.29, 0.717) is 33.8 Å². The van der Waals surface area contributed by atoms with Crippen LogP contribution in [0, 0.1) is 45.3 Å². The molecule has 0 spiro atoms. The molecule has 0 unspecified atom stereocenters. The van der Waals surface area contributed by atoms with Crippen LogP contribution >= 0.6 is 0 Å². The molecule has 9 nitrogen and oxygen atoms in total. The first-order valence-electron chi connectivity index (χ1n) is 26.9. The lowest BCUT2D eigenvalue weighted by molar-refractivity contribution is 1.18. The lowest BCUT2D eigenvalue weighted by Gasteiger charge is -2.26. The molecule has 0 saturated heterocycles. The van der Waals surface area contributed by atoms with E-state index in [1.807, 2.05) is 97.1 Å². The summed E-state index contributed by atoms with van der Waals surface area (Å²) in [5.41, 5.74) is 19.2. The van der Waals surface area contributed by atoms with Gasteiger partial charge in [0, 0.05) is 67.3 Å².